The molecule has 2 heterocycles. The van der Waals surface area contributed by atoms with Crippen LogP contribution < -0.4 is 0 Å². The summed E-state index contributed by atoms with van der Waals surface area (Å²) in [5.41, 5.74) is 2.64. The standard InChI is InChI=1S/C20H27N3O5S/c1-15-19(16(2)28-21-15)14-22(3)20(24)9-6-17-4-7-18(8-5-17)29(25,26)23-10-12-27-13-11-23/h4-5,7-8H,6,9-14H2,1-3H3. The molecule has 0 N–H and O–H groups in total. The lowest BCUT2D eigenvalue weighted by molar-refractivity contribution is -0.130. The minimum absolute atomic E-state index is 0.00927. The van der Waals surface area contributed by atoms with E-state index >= 15 is 0 Å². The summed E-state index contributed by atoms with van der Waals surface area (Å²) in [7, 11) is -1.74. The molecule has 0 unspecified atom stereocenters. The van der Waals surface area contributed by atoms with E-state index in [0.29, 0.717) is 45.7 Å². The van der Waals surface area contributed by atoms with Gasteiger partial charge < -0.3 is 14.2 Å². The second-order valence-corrected chi connectivity index (χ2v) is 9.15. The Hall–Kier alpha value is -2.23. The van der Waals surface area contributed by atoms with Crippen molar-refractivity contribution in [1.82, 2.24) is 14.4 Å². The van der Waals surface area contributed by atoms with E-state index in [1.165, 1.54) is 4.31 Å². The molecule has 9 heteroatoms. The van der Waals surface area contributed by atoms with Gasteiger partial charge in [-0.1, -0.05) is 17.3 Å². The van der Waals surface area contributed by atoms with Crippen LogP contribution in [-0.2, 0) is 32.5 Å². The fourth-order valence-corrected chi connectivity index (χ4v) is 4.67. The Kier molecular flexibility index (Phi) is 6.71. The number of sulfonamides is 1. The van der Waals surface area contributed by atoms with Gasteiger partial charge in [0.05, 0.1) is 30.3 Å². The van der Waals surface area contributed by atoms with Gasteiger partial charge in [0.2, 0.25) is 15.9 Å². The Morgan fingerprint density at radius 2 is 1.83 bits per heavy atom. The quantitative estimate of drug-likeness (QED) is 0.678. The van der Waals surface area contributed by atoms with Crippen LogP contribution in [0.2, 0.25) is 0 Å². The van der Waals surface area contributed by atoms with E-state index in [1.54, 1.807) is 36.2 Å². The summed E-state index contributed by atoms with van der Waals surface area (Å²) < 4.78 is 37.1. The van der Waals surface area contributed by atoms with E-state index in [-0.39, 0.29) is 10.8 Å². The number of ether oxygens (including phenoxy) is 1. The van der Waals surface area contributed by atoms with Crippen LogP contribution in [0.4, 0.5) is 0 Å². The lowest BCUT2D eigenvalue weighted by Gasteiger charge is -2.26. The van der Waals surface area contributed by atoms with E-state index in [0.717, 1.165) is 22.6 Å². The molecular weight excluding hydrogens is 394 g/mol. The minimum Gasteiger partial charge on any atom is -0.379 e. The van der Waals surface area contributed by atoms with Crippen molar-refractivity contribution in [2.24, 2.45) is 0 Å². The summed E-state index contributed by atoms with van der Waals surface area (Å²) in [5.74, 6) is 0.731. The zero-order valence-electron chi connectivity index (χ0n) is 17.1. The number of amides is 1. The first-order chi connectivity index (χ1) is 13.8. The molecule has 1 aromatic heterocycles. The third kappa shape index (κ3) is 5.04. The van der Waals surface area contributed by atoms with Gasteiger partial charge in [-0.3, -0.25) is 4.79 Å². The van der Waals surface area contributed by atoms with Crippen LogP contribution in [0.15, 0.2) is 33.7 Å². The van der Waals surface area contributed by atoms with Crippen molar-refractivity contribution >= 4 is 15.9 Å². The third-order valence-corrected chi connectivity index (χ3v) is 7.07. The van der Waals surface area contributed by atoms with Gasteiger partial charge in [0.1, 0.15) is 5.76 Å². The Labute approximate surface area is 171 Å². The van der Waals surface area contributed by atoms with Crippen molar-refractivity contribution in [3.05, 3.63) is 46.8 Å². The molecule has 2 aromatic rings. The van der Waals surface area contributed by atoms with E-state index in [4.69, 9.17) is 9.26 Å². The SMILES string of the molecule is Cc1noc(C)c1CN(C)C(=O)CCc1ccc(S(=O)(=O)N2CCOCC2)cc1. The highest BCUT2D eigenvalue weighted by Gasteiger charge is 2.26. The van der Waals surface area contributed by atoms with Crippen molar-refractivity contribution in [2.75, 3.05) is 33.4 Å². The summed E-state index contributed by atoms with van der Waals surface area (Å²) >= 11 is 0. The number of carbonyl (C=O) groups is 1. The van der Waals surface area contributed by atoms with Crippen LogP contribution in [0.1, 0.15) is 29.0 Å². The Bertz CT molecular complexity index is 927. The molecule has 0 bridgehead atoms. The average molecular weight is 422 g/mol. The largest absolute Gasteiger partial charge is 0.379 e. The summed E-state index contributed by atoms with van der Waals surface area (Å²) in [6.45, 7) is 5.72. The van der Waals surface area contributed by atoms with Crippen LogP contribution in [0.3, 0.4) is 0 Å². The lowest BCUT2D eigenvalue weighted by Crippen LogP contribution is -2.40. The molecule has 0 saturated carbocycles. The second kappa shape index (κ2) is 9.06. The highest BCUT2D eigenvalue weighted by atomic mass is 32.2. The van der Waals surface area contributed by atoms with Crippen molar-refractivity contribution < 1.29 is 22.5 Å². The summed E-state index contributed by atoms with van der Waals surface area (Å²) in [5, 5.41) is 3.91. The highest BCUT2D eigenvalue weighted by molar-refractivity contribution is 7.89. The molecule has 0 atom stereocenters. The van der Waals surface area contributed by atoms with Gasteiger partial charge in [-0.25, -0.2) is 8.42 Å². The van der Waals surface area contributed by atoms with Gasteiger partial charge in [-0.05, 0) is 38.0 Å². The number of carbonyl (C=O) groups excluding carboxylic acids is 1. The molecule has 0 spiro atoms. The molecule has 3 rings (SSSR count). The van der Waals surface area contributed by atoms with Crippen molar-refractivity contribution in [3.8, 4) is 0 Å². The topological polar surface area (TPSA) is 93.0 Å². The van der Waals surface area contributed by atoms with Gasteiger partial charge >= 0.3 is 0 Å². The second-order valence-electron chi connectivity index (χ2n) is 7.21. The van der Waals surface area contributed by atoms with Crippen LogP contribution in [0.5, 0.6) is 0 Å². The average Bonchev–Trinajstić information content (AvgIpc) is 3.05. The zero-order valence-corrected chi connectivity index (χ0v) is 17.9. The molecule has 29 heavy (non-hydrogen) atoms. The maximum atomic E-state index is 12.7. The fourth-order valence-electron chi connectivity index (χ4n) is 3.26. The Morgan fingerprint density at radius 1 is 1.17 bits per heavy atom. The number of hydrogen-bond donors (Lipinski definition) is 0. The fraction of sp³-hybridized carbons (Fsp3) is 0.500. The Morgan fingerprint density at radius 3 is 2.41 bits per heavy atom. The third-order valence-electron chi connectivity index (χ3n) is 5.16. The zero-order chi connectivity index (χ0) is 21.0. The molecule has 8 nitrogen and oxygen atoms in total. The number of hydrogen-bond acceptors (Lipinski definition) is 6. The number of morpholine rings is 1. The molecule has 1 aromatic carbocycles. The van der Waals surface area contributed by atoms with Crippen LogP contribution in [0.25, 0.3) is 0 Å². The molecule has 0 radical (unpaired) electrons. The number of nitrogens with zero attached hydrogens (tertiary/aromatic N) is 3. The Balaban J connectivity index is 1.56. The lowest BCUT2D eigenvalue weighted by atomic mass is 10.1. The normalized spacial score (nSPS) is 15.4. The molecule has 158 valence electrons. The first-order valence-electron chi connectivity index (χ1n) is 9.61. The van der Waals surface area contributed by atoms with Crippen LogP contribution in [0, 0.1) is 13.8 Å². The smallest absolute Gasteiger partial charge is 0.243 e. The van der Waals surface area contributed by atoms with E-state index < -0.39 is 10.0 Å². The molecule has 1 amide bonds. The maximum absolute atomic E-state index is 12.7. The van der Waals surface area contributed by atoms with Crippen molar-refractivity contribution in [1.29, 1.82) is 0 Å². The molecule has 1 fully saturated rings. The van der Waals surface area contributed by atoms with Gasteiger partial charge in [-0.15, -0.1) is 0 Å². The van der Waals surface area contributed by atoms with E-state index in [1.807, 2.05) is 13.8 Å². The molecule has 1 aliphatic heterocycles. The van der Waals surface area contributed by atoms with E-state index in [2.05, 4.69) is 5.16 Å². The predicted molar refractivity (Wildman–Crippen MR) is 107 cm³/mol. The molecular formula is C20H27N3O5S. The monoisotopic (exact) mass is 421 g/mol. The number of aromatic nitrogens is 1. The summed E-state index contributed by atoms with van der Waals surface area (Å²) in [4.78, 5) is 14.4. The van der Waals surface area contributed by atoms with Gasteiger partial charge in [0, 0.05) is 32.1 Å². The van der Waals surface area contributed by atoms with Crippen molar-refractivity contribution in [2.45, 2.75) is 38.1 Å². The highest BCUT2D eigenvalue weighted by Crippen LogP contribution is 2.19. The minimum atomic E-state index is -3.50. The van der Waals surface area contributed by atoms with Crippen LogP contribution >= 0.6 is 0 Å². The number of benzene rings is 1. The van der Waals surface area contributed by atoms with Crippen molar-refractivity contribution in [3.63, 3.8) is 0 Å². The maximum Gasteiger partial charge on any atom is 0.243 e. The molecule has 0 aliphatic carbocycles. The number of rotatable bonds is 7. The van der Waals surface area contributed by atoms with Gasteiger partial charge in [0.25, 0.3) is 0 Å². The van der Waals surface area contributed by atoms with Gasteiger partial charge in [-0.2, -0.15) is 4.31 Å². The summed E-state index contributed by atoms with van der Waals surface area (Å²) in [6, 6.07) is 6.76. The predicted octanol–water partition coefficient (Wildman–Crippen LogP) is 1.90. The molecule has 1 aliphatic rings. The first kappa shape index (κ1) is 21.5. The molecule has 1 saturated heterocycles. The first-order valence-corrected chi connectivity index (χ1v) is 11.1. The van der Waals surface area contributed by atoms with Crippen LogP contribution in [-0.4, -0.2) is 62.0 Å². The van der Waals surface area contributed by atoms with E-state index in [9.17, 15) is 13.2 Å². The summed E-state index contributed by atoms with van der Waals surface area (Å²) in [6.07, 6.45) is 0.887. The number of aryl methyl sites for hydroxylation is 3. The van der Waals surface area contributed by atoms with Gasteiger partial charge in [0.15, 0.2) is 0 Å².